The van der Waals surface area contributed by atoms with Crippen LogP contribution in [0.1, 0.15) is 23.8 Å². The van der Waals surface area contributed by atoms with Crippen LogP contribution in [-0.4, -0.2) is 27.5 Å². The van der Waals surface area contributed by atoms with Gasteiger partial charge in [-0.1, -0.05) is 6.07 Å². The van der Waals surface area contributed by atoms with Crippen molar-refractivity contribution in [2.75, 3.05) is 5.32 Å². The lowest BCUT2D eigenvalue weighted by atomic mass is 10.2. The highest BCUT2D eigenvalue weighted by atomic mass is 19.1. The van der Waals surface area contributed by atoms with Crippen molar-refractivity contribution in [1.82, 2.24) is 15.4 Å². The average Bonchev–Trinajstić information content (AvgIpc) is 2.53. The number of nitrogens with one attached hydrogen (secondary N) is 2. The van der Waals surface area contributed by atoms with E-state index in [4.69, 9.17) is 0 Å². The number of hydrazone groups is 1. The second-order valence-corrected chi connectivity index (χ2v) is 4.61. The molecule has 0 saturated heterocycles. The van der Waals surface area contributed by atoms with Crippen LogP contribution < -0.4 is 10.7 Å². The van der Waals surface area contributed by atoms with E-state index < -0.39 is 11.7 Å². The first-order chi connectivity index (χ1) is 11.0. The number of halogens is 1. The van der Waals surface area contributed by atoms with E-state index >= 15 is 0 Å². The molecule has 0 aliphatic rings. The van der Waals surface area contributed by atoms with Gasteiger partial charge >= 0.3 is 0 Å². The van der Waals surface area contributed by atoms with Crippen molar-refractivity contribution in [3.63, 3.8) is 0 Å². The van der Waals surface area contributed by atoms with Gasteiger partial charge in [0.05, 0.1) is 12.6 Å². The van der Waals surface area contributed by atoms with Crippen molar-refractivity contribution in [3.8, 4) is 0 Å². The SMILES string of the molecule is C/C(CC(=O)Nc1cccc(F)c1)=N\NC(=O)c1cnccn1. The fourth-order valence-electron chi connectivity index (χ4n) is 1.66. The fourth-order valence-corrected chi connectivity index (χ4v) is 1.66. The fraction of sp³-hybridized carbons (Fsp3) is 0.133. The number of nitrogens with zero attached hydrogens (tertiary/aromatic N) is 3. The van der Waals surface area contributed by atoms with E-state index in [0.717, 1.165) is 0 Å². The highest BCUT2D eigenvalue weighted by Gasteiger charge is 2.08. The predicted molar refractivity (Wildman–Crippen MR) is 82.3 cm³/mol. The number of amides is 2. The molecular formula is C15H14FN5O2. The molecule has 2 N–H and O–H groups in total. The van der Waals surface area contributed by atoms with E-state index in [9.17, 15) is 14.0 Å². The van der Waals surface area contributed by atoms with Gasteiger partial charge in [0.25, 0.3) is 5.91 Å². The maximum Gasteiger partial charge on any atom is 0.291 e. The molecule has 8 heteroatoms. The molecule has 0 fully saturated rings. The van der Waals surface area contributed by atoms with Gasteiger partial charge in [-0.3, -0.25) is 14.6 Å². The maximum atomic E-state index is 13.0. The van der Waals surface area contributed by atoms with Crippen LogP contribution in [0.15, 0.2) is 48.0 Å². The summed E-state index contributed by atoms with van der Waals surface area (Å²) in [6.45, 7) is 1.59. The third-order valence-electron chi connectivity index (χ3n) is 2.67. The number of anilines is 1. The van der Waals surface area contributed by atoms with E-state index in [2.05, 4.69) is 25.8 Å². The molecule has 0 atom stereocenters. The molecule has 118 valence electrons. The summed E-state index contributed by atoms with van der Waals surface area (Å²) in [5.74, 6) is -1.34. The highest BCUT2D eigenvalue weighted by Crippen LogP contribution is 2.09. The Morgan fingerprint density at radius 1 is 1.30 bits per heavy atom. The van der Waals surface area contributed by atoms with Crippen LogP contribution in [-0.2, 0) is 4.79 Å². The number of carbonyl (C=O) groups is 2. The summed E-state index contributed by atoms with van der Waals surface area (Å²) < 4.78 is 13.0. The Kier molecular flexibility index (Phi) is 5.45. The van der Waals surface area contributed by atoms with Crippen LogP contribution in [0.3, 0.4) is 0 Å². The Morgan fingerprint density at radius 3 is 2.83 bits per heavy atom. The summed E-state index contributed by atoms with van der Waals surface area (Å²) in [5, 5.41) is 6.35. The molecule has 2 aromatic rings. The molecule has 0 unspecified atom stereocenters. The van der Waals surface area contributed by atoms with E-state index in [1.54, 1.807) is 13.0 Å². The minimum absolute atomic E-state index is 0.0444. The molecule has 1 aromatic carbocycles. The number of hydrogen-bond donors (Lipinski definition) is 2. The van der Waals surface area contributed by atoms with Gasteiger partial charge < -0.3 is 5.32 Å². The second-order valence-electron chi connectivity index (χ2n) is 4.61. The largest absolute Gasteiger partial charge is 0.326 e. The summed E-state index contributed by atoms with van der Waals surface area (Å²) in [5.41, 5.74) is 3.14. The first-order valence-corrected chi connectivity index (χ1v) is 6.69. The zero-order valence-corrected chi connectivity index (χ0v) is 12.3. The van der Waals surface area contributed by atoms with Crippen LogP contribution in [0.5, 0.6) is 0 Å². The monoisotopic (exact) mass is 315 g/mol. The lowest BCUT2D eigenvalue weighted by Crippen LogP contribution is -2.22. The molecule has 0 aliphatic carbocycles. The van der Waals surface area contributed by atoms with Crippen LogP contribution in [0.4, 0.5) is 10.1 Å². The van der Waals surface area contributed by atoms with E-state index in [1.807, 2.05) is 0 Å². The Labute approximate surface area is 131 Å². The van der Waals surface area contributed by atoms with Crippen molar-refractivity contribution in [2.45, 2.75) is 13.3 Å². The van der Waals surface area contributed by atoms with Crippen LogP contribution in [0.2, 0.25) is 0 Å². The van der Waals surface area contributed by atoms with Gasteiger partial charge in [0.2, 0.25) is 5.91 Å². The summed E-state index contributed by atoms with van der Waals surface area (Å²) in [6, 6.07) is 5.56. The molecule has 0 radical (unpaired) electrons. The number of aromatic nitrogens is 2. The van der Waals surface area contributed by atoms with Crippen molar-refractivity contribution < 1.29 is 14.0 Å². The standard InChI is InChI=1S/C15H14FN5O2/c1-10(20-21-15(23)13-9-17-5-6-18-13)7-14(22)19-12-4-2-3-11(16)8-12/h2-6,8-9H,7H2,1H3,(H,19,22)(H,21,23)/b20-10+. The van der Waals surface area contributed by atoms with Gasteiger partial charge in [-0.25, -0.2) is 14.8 Å². The molecule has 0 aliphatic heterocycles. The summed E-state index contributed by atoms with van der Waals surface area (Å²) in [7, 11) is 0. The summed E-state index contributed by atoms with van der Waals surface area (Å²) in [4.78, 5) is 31.1. The number of carbonyl (C=O) groups excluding carboxylic acids is 2. The maximum absolute atomic E-state index is 13.0. The molecule has 1 heterocycles. The van der Waals surface area contributed by atoms with E-state index in [-0.39, 0.29) is 18.0 Å². The quantitative estimate of drug-likeness (QED) is 0.649. The van der Waals surface area contributed by atoms with Crippen LogP contribution >= 0.6 is 0 Å². The number of hydrogen-bond acceptors (Lipinski definition) is 5. The normalized spacial score (nSPS) is 11.0. The second kappa shape index (κ2) is 7.74. The van der Waals surface area contributed by atoms with Gasteiger partial charge in [0.15, 0.2) is 0 Å². The molecule has 0 spiro atoms. The van der Waals surface area contributed by atoms with Gasteiger partial charge in [0, 0.05) is 23.8 Å². The zero-order chi connectivity index (χ0) is 16.7. The van der Waals surface area contributed by atoms with Gasteiger partial charge in [-0.15, -0.1) is 0 Å². The Hall–Kier alpha value is -3.16. The van der Waals surface area contributed by atoms with Crippen molar-refractivity contribution in [2.24, 2.45) is 5.10 Å². The number of benzene rings is 1. The lowest BCUT2D eigenvalue weighted by molar-refractivity contribution is -0.115. The Bertz CT molecular complexity index is 734. The topological polar surface area (TPSA) is 96.3 Å². The highest BCUT2D eigenvalue weighted by molar-refractivity contribution is 6.06. The number of rotatable bonds is 5. The van der Waals surface area contributed by atoms with Gasteiger partial charge in [-0.05, 0) is 25.1 Å². The molecule has 2 amide bonds. The third-order valence-corrected chi connectivity index (χ3v) is 2.67. The Morgan fingerprint density at radius 2 is 2.13 bits per heavy atom. The van der Waals surface area contributed by atoms with Gasteiger partial charge in [-0.2, -0.15) is 5.10 Å². The molecule has 7 nitrogen and oxygen atoms in total. The first kappa shape index (κ1) is 16.2. The summed E-state index contributed by atoms with van der Waals surface area (Å²) >= 11 is 0. The third kappa shape index (κ3) is 5.27. The van der Waals surface area contributed by atoms with Gasteiger partial charge in [0.1, 0.15) is 11.5 Å². The summed E-state index contributed by atoms with van der Waals surface area (Å²) in [6.07, 6.45) is 4.09. The lowest BCUT2D eigenvalue weighted by Gasteiger charge is -2.05. The zero-order valence-electron chi connectivity index (χ0n) is 12.3. The van der Waals surface area contributed by atoms with E-state index in [0.29, 0.717) is 11.4 Å². The van der Waals surface area contributed by atoms with Crippen molar-refractivity contribution in [3.05, 3.63) is 54.4 Å². The molecule has 0 saturated carbocycles. The molecule has 2 rings (SSSR count). The minimum atomic E-state index is -0.525. The van der Waals surface area contributed by atoms with Crippen molar-refractivity contribution in [1.29, 1.82) is 0 Å². The van der Waals surface area contributed by atoms with Crippen LogP contribution in [0, 0.1) is 5.82 Å². The molecule has 1 aromatic heterocycles. The molecule has 0 bridgehead atoms. The predicted octanol–water partition coefficient (Wildman–Crippen LogP) is 1.75. The minimum Gasteiger partial charge on any atom is -0.326 e. The average molecular weight is 315 g/mol. The van der Waals surface area contributed by atoms with E-state index in [1.165, 1.54) is 36.8 Å². The van der Waals surface area contributed by atoms with Crippen LogP contribution in [0.25, 0.3) is 0 Å². The molecule has 23 heavy (non-hydrogen) atoms. The first-order valence-electron chi connectivity index (χ1n) is 6.69. The Balaban J connectivity index is 1.87. The van der Waals surface area contributed by atoms with Crippen molar-refractivity contribution >= 4 is 23.2 Å². The smallest absolute Gasteiger partial charge is 0.291 e. The molecular weight excluding hydrogens is 301 g/mol.